The van der Waals surface area contributed by atoms with Gasteiger partial charge in [0, 0.05) is 51.8 Å². The number of anilines is 1. The Morgan fingerprint density at radius 1 is 1.24 bits per heavy atom. The van der Waals surface area contributed by atoms with E-state index in [9.17, 15) is 9.59 Å². The molecule has 0 radical (unpaired) electrons. The van der Waals surface area contributed by atoms with Crippen molar-refractivity contribution < 1.29 is 9.59 Å². The van der Waals surface area contributed by atoms with E-state index in [2.05, 4.69) is 22.5 Å². The van der Waals surface area contributed by atoms with Crippen LogP contribution in [0.15, 0.2) is 35.3 Å². The van der Waals surface area contributed by atoms with Crippen molar-refractivity contribution in [3.63, 3.8) is 0 Å². The van der Waals surface area contributed by atoms with Gasteiger partial charge in [-0.1, -0.05) is 25.1 Å². The summed E-state index contributed by atoms with van der Waals surface area (Å²) in [7, 11) is 1.70. The molecule has 0 saturated carbocycles. The maximum atomic E-state index is 12.4. The number of nitrogens with one attached hydrogen (secondary N) is 2. The van der Waals surface area contributed by atoms with Crippen molar-refractivity contribution in [2.45, 2.75) is 38.6 Å². The van der Waals surface area contributed by atoms with Crippen LogP contribution >= 0.6 is 24.0 Å². The summed E-state index contributed by atoms with van der Waals surface area (Å²) in [6.45, 7) is 5.08. The summed E-state index contributed by atoms with van der Waals surface area (Å²) in [6, 6.07) is 9.70. The Morgan fingerprint density at radius 3 is 2.69 bits per heavy atom. The van der Waals surface area contributed by atoms with Gasteiger partial charge in [0.2, 0.25) is 11.8 Å². The van der Waals surface area contributed by atoms with E-state index in [1.165, 1.54) is 6.42 Å². The Bertz CT molecular complexity index is 712. The first-order valence-corrected chi connectivity index (χ1v) is 10.2. The van der Waals surface area contributed by atoms with Crippen LogP contribution in [-0.2, 0) is 9.59 Å². The van der Waals surface area contributed by atoms with Crippen LogP contribution in [0.2, 0.25) is 0 Å². The van der Waals surface area contributed by atoms with E-state index in [-0.39, 0.29) is 41.8 Å². The minimum Gasteiger partial charge on any atom is -0.356 e. The second-order valence-electron chi connectivity index (χ2n) is 7.72. The Labute approximate surface area is 190 Å². The average molecular weight is 513 g/mol. The fourth-order valence-corrected chi connectivity index (χ4v) is 3.91. The van der Waals surface area contributed by atoms with Crippen molar-refractivity contribution in [1.29, 1.82) is 0 Å². The topological polar surface area (TPSA) is 77.0 Å². The lowest BCUT2D eigenvalue weighted by atomic mass is 10.00. The molecule has 2 amide bonds. The number of hydrogen-bond donors (Lipinski definition) is 2. The van der Waals surface area contributed by atoms with Gasteiger partial charge in [-0.15, -0.1) is 24.0 Å². The molecule has 2 atom stereocenters. The number of benzene rings is 1. The number of guanidine groups is 1. The van der Waals surface area contributed by atoms with Crippen molar-refractivity contribution in [2.75, 3.05) is 38.1 Å². The molecule has 2 aliphatic rings. The number of carbonyl (C=O) groups excluding carboxylic acids is 2. The van der Waals surface area contributed by atoms with Crippen LogP contribution in [0.4, 0.5) is 5.69 Å². The van der Waals surface area contributed by atoms with E-state index < -0.39 is 0 Å². The summed E-state index contributed by atoms with van der Waals surface area (Å²) in [6.07, 6.45) is 3.18. The zero-order valence-corrected chi connectivity index (χ0v) is 19.6. The maximum absolute atomic E-state index is 12.4. The predicted octanol–water partition coefficient (Wildman–Crippen LogP) is 2.22. The predicted molar refractivity (Wildman–Crippen MR) is 127 cm³/mol. The number of para-hydroxylation sites is 1. The molecule has 2 heterocycles. The summed E-state index contributed by atoms with van der Waals surface area (Å²) >= 11 is 0. The quantitative estimate of drug-likeness (QED) is 0.360. The van der Waals surface area contributed by atoms with E-state index in [1.54, 1.807) is 11.9 Å². The zero-order chi connectivity index (χ0) is 19.9. The van der Waals surface area contributed by atoms with Gasteiger partial charge in [0.05, 0.1) is 6.04 Å². The van der Waals surface area contributed by atoms with E-state index in [0.29, 0.717) is 37.8 Å². The fourth-order valence-electron chi connectivity index (χ4n) is 3.91. The van der Waals surface area contributed by atoms with Crippen LogP contribution in [-0.4, -0.2) is 61.9 Å². The molecule has 1 aromatic carbocycles. The van der Waals surface area contributed by atoms with E-state index >= 15 is 0 Å². The second-order valence-corrected chi connectivity index (χ2v) is 7.72. The number of piperidine rings is 1. The Kier molecular flexibility index (Phi) is 9.19. The minimum atomic E-state index is -0.00227. The van der Waals surface area contributed by atoms with Crippen LogP contribution < -0.4 is 15.5 Å². The zero-order valence-electron chi connectivity index (χ0n) is 17.3. The van der Waals surface area contributed by atoms with Gasteiger partial charge >= 0.3 is 0 Å². The first-order chi connectivity index (χ1) is 13.6. The highest BCUT2D eigenvalue weighted by atomic mass is 127. The lowest BCUT2D eigenvalue weighted by Gasteiger charge is -2.31. The first-order valence-electron chi connectivity index (χ1n) is 10.2. The van der Waals surface area contributed by atoms with Crippen LogP contribution in [0.25, 0.3) is 0 Å². The van der Waals surface area contributed by atoms with Gasteiger partial charge < -0.3 is 20.4 Å². The third-order valence-electron chi connectivity index (χ3n) is 5.40. The molecule has 3 rings (SSSR count). The molecule has 2 N–H and O–H groups in total. The van der Waals surface area contributed by atoms with Crippen LogP contribution in [0, 0.1) is 5.92 Å². The van der Waals surface area contributed by atoms with Crippen molar-refractivity contribution >= 4 is 47.4 Å². The highest BCUT2D eigenvalue weighted by Crippen LogP contribution is 2.21. The fraction of sp³-hybridized carbons (Fsp3) is 0.571. The molecule has 2 saturated heterocycles. The number of hydrogen-bond acceptors (Lipinski definition) is 3. The van der Waals surface area contributed by atoms with Gasteiger partial charge in [-0.25, -0.2) is 0 Å². The van der Waals surface area contributed by atoms with Crippen LogP contribution in [0.1, 0.15) is 32.6 Å². The number of halogens is 1. The molecule has 160 valence electrons. The molecule has 0 bridgehead atoms. The molecule has 0 spiro atoms. The summed E-state index contributed by atoms with van der Waals surface area (Å²) in [5.74, 6) is 1.52. The highest BCUT2D eigenvalue weighted by Gasteiger charge is 2.31. The number of likely N-dealkylation sites (tertiary alicyclic amines) is 1. The number of amides is 2. The third-order valence-corrected chi connectivity index (χ3v) is 5.40. The normalized spacial score (nSPS) is 22.3. The molecule has 0 aliphatic carbocycles. The third kappa shape index (κ3) is 6.58. The van der Waals surface area contributed by atoms with E-state index in [1.807, 2.05) is 35.2 Å². The lowest BCUT2D eigenvalue weighted by Crippen LogP contribution is -2.46. The molecule has 0 aromatic heterocycles. The minimum absolute atomic E-state index is 0. The van der Waals surface area contributed by atoms with Gasteiger partial charge in [-0.05, 0) is 30.9 Å². The van der Waals surface area contributed by atoms with Crippen molar-refractivity contribution in [3.05, 3.63) is 30.3 Å². The number of rotatable bonds is 5. The average Bonchev–Trinajstić information content (AvgIpc) is 3.07. The van der Waals surface area contributed by atoms with Crippen molar-refractivity contribution in [3.8, 4) is 0 Å². The van der Waals surface area contributed by atoms with Crippen molar-refractivity contribution in [1.82, 2.24) is 15.5 Å². The van der Waals surface area contributed by atoms with Crippen LogP contribution in [0.5, 0.6) is 0 Å². The van der Waals surface area contributed by atoms with Gasteiger partial charge in [-0.3, -0.25) is 14.6 Å². The second kappa shape index (κ2) is 11.4. The Morgan fingerprint density at radius 2 is 2.00 bits per heavy atom. The van der Waals surface area contributed by atoms with Gasteiger partial charge in [0.1, 0.15) is 0 Å². The monoisotopic (exact) mass is 513 g/mol. The summed E-state index contributed by atoms with van der Waals surface area (Å²) in [4.78, 5) is 32.7. The van der Waals surface area contributed by atoms with Gasteiger partial charge in [0.25, 0.3) is 0 Å². The molecule has 7 nitrogen and oxygen atoms in total. The van der Waals surface area contributed by atoms with E-state index in [0.717, 1.165) is 25.2 Å². The summed E-state index contributed by atoms with van der Waals surface area (Å²) in [5, 5.41) is 6.52. The number of aliphatic imine (C=N–C) groups is 1. The smallest absolute Gasteiger partial charge is 0.229 e. The Hall–Kier alpha value is -1.84. The van der Waals surface area contributed by atoms with E-state index in [4.69, 9.17) is 0 Å². The van der Waals surface area contributed by atoms with Crippen molar-refractivity contribution in [2.24, 2.45) is 10.9 Å². The number of carbonyl (C=O) groups is 2. The maximum Gasteiger partial charge on any atom is 0.229 e. The standard InChI is InChI=1S/C21H31N5O2.HI/c1-16-7-6-12-25(14-16)19(27)10-11-23-21(22-2)24-17-13-20(28)26(15-17)18-8-4-3-5-9-18;/h3-5,8-9,16-17H,6-7,10-15H2,1-2H3,(H2,22,23,24);1H. The van der Waals surface area contributed by atoms with Gasteiger partial charge in [-0.2, -0.15) is 0 Å². The largest absolute Gasteiger partial charge is 0.356 e. The molecule has 2 unspecified atom stereocenters. The Balaban J connectivity index is 0.00000300. The SMILES string of the molecule is CN=C(NCCC(=O)N1CCCC(C)C1)NC1CC(=O)N(c2ccccc2)C1.I. The lowest BCUT2D eigenvalue weighted by molar-refractivity contribution is -0.132. The molecular formula is C21H32IN5O2. The van der Waals surface area contributed by atoms with Crippen LogP contribution in [0.3, 0.4) is 0 Å². The molecule has 1 aromatic rings. The molecule has 8 heteroatoms. The van der Waals surface area contributed by atoms with Gasteiger partial charge in [0.15, 0.2) is 5.96 Å². The molecule has 2 fully saturated rings. The summed E-state index contributed by atoms with van der Waals surface area (Å²) < 4.78 is 0. The molecule has 29 heavy (non-hydrogen) atoms. The first kappa shape index (κ1) is 23.4. The molecule has 2 aliphatic heterocycles. The highest BCUT2D eigenvalue weighted by molar-refractivity contribution is 14.0. The summed E-state index contributed by atoms with van der Waals surface area (Å²) in [5.41, 5.74) is 0.918. The number of nitrogens with zero attached hydrogens (tertiary/aromatic N) is 3. The molecular weight excluding hydrogens is 481 g/mol.